The summed E-state index contributed by atoms with van der Waals surface area (Å²) in [7, 11) is 1.62. The van der Waals surface area contributed by atoms with Crippen LogP contribution in [0.1, 0.15) is 10.4 Å². The first-order chi connectivity index (χ1) is 15.4. The number of hydrogen-bond donors (Lipinski definition) is 2. The number of amides is 4. The minimum absolute atomic E-state index is 0.136. The summed E-state index contributed by atoms with van der Waals surface area (Å²) in [5.41, 5.74) is 2.80. The number of benzene rings is 2. The third-order valence-electron chi connectivity index (χ3n) is 4.87. The molecule has 4 amide bonds. The zero-order valence-corrected chi connectivity index (χ0v) is 18.4. The van der Waals surface area contributed by atoms with Crippen molar-refractivity contribution >= 4 is 40.9 Å². The second-order valence-electron chi connectivity index (χ2n) is 7.23. The number of rotatable bonds is 6. The monoisotopic (exact) mass is 447 g/mol. The number of carbonyl (C=O) groups excluding carboxylic acids is 3. The number of hydrogen-bond acceptors (Lipinski definition) is 5. The van der Waals surface area contributed by atoms with E-state index in [1.54, 1.807) is 25.3 Å². The number of ether oxygens (including phenoxy) is 1. The van der Waals surface area contributed by atoms with E-state index >= 15 is 0 Å². The maximum atomic E-state index is 12.7. The van der Waals surface area contributed by atoms with Crippen molar-refractivity contribution in [3.05, 3.63) is 76.8 Å². The Balaban J connectivity index is 1.44. The van der Waals surface area contributed by atoms with Gasteiger partial charge in [-0.15, -0.1) is 11.3 Å². The maximum absolute atomic E-state index is 12.7. The number of urea groups is 1. The highest BCUT2D eigenvalue weighted by atomic mass is 32.1. The van der Waals surface area contributed by atoms with Crippen LogP contribution in [0.4, 0.5) is 10.5 Å². The average Bonchev–Trinajstić information content (AvgIpc) is 3.36. The quantitative estimate of drug-likeness (QED) is 0.437. The van der Waals surface area contributed by atoms with Crippen molar-refractivity contribution in [2.24, 2.45) is 0 Å². The van der Waals surface area contributed by atoms with Crippen LogP contribution in [0.5, 0.6) is 5.75 Å². The summed E-state index contributed by atoms with van der Waals surface area (Å²) in [6.45, 7) is 1.58. The van der Waals surface area contributed by atoms with Crippen LogP contribution in [-0.2, 0) is 9.59 Å². The molecule has 0 bridgehead atoms. The molecule has 0 spiro atoms. The Bertz CT molecular complexity index is 1210. The van der Waals surface area contributed by atoms with Crippen molar-refractivity contribution in [3.63, 3.8) is 0 Å². The summed E-state index contributed by atoms with van der Waals surface area (Å²) in [6, 6.07) is 18.1. The molecule has 0 radical (unpaired) electrons. The maximum Gasteiger partial charge on any atom is 0.329 e. The number of aryl methyl sites for hydroxylation is 1. The van der Waals surface area contributed by atoms with E-state index in [4.69, 9.17) is 4.74 Å². The summed E-state index contributed by atoms with van der Waals surface area (Å²) in [4.78, 5) is 40.0. The Morgan fingerprint density at radius 3 is 2.66 bits per heavy atom. The van der Waals surface area contributed by atoms with Crippen LogP contribution in [0.15, 0.2) is 66.4 Å². The Hall–Kier alpha value is -3.91. The molecule has 2 heterocycles. The van der Waals surface area contributed by atoms with Gasteiger partial charge < -0.3 is 15.4 Å². The van der Waals surface area contributed by atoms with Gasteiger partial charge in [-0.1, -0.05) is 29.8 Å². The largest absolute Gasteiger partial charge is 0.497 e. The van der Waals surface area contributed by atoms with Gasteiger partial charge in [-0.3, -0.25) is 9.59 Å². The third kappa shape index (κ3) is 4.70. The molecule has 4 rings (SSSR count). The molecule has 1 aliphatic heterocycles. The van der Waals surface area contributed by atoms with Crippen LogP contribution < -0.4 is 15.4 Å². The van der Waals surface area contributed by atoms with E-state index in [1.807, 2.05) is 55.5 Å². The zero-order valence-electron chi connectivity index (χ0n) is 17.5. The highest BCUT2D eigenvalue weighted by Crippen LogP contribution is 2.31. The molecule has 0 atom stereocenters. The highest BCUT2D eigenvalue weighted by Gasteiger charge is 2.35. The topological polar surface area (TPSA) is 87.7 Å². The van der Waals surface area contributed by atoms with Crippen molar-refractivity contribution in [3.8, 4) is 16.2 Å². The van der Waals surface area contributed by atoms with E-state index in [9.17, 15) is 14.4 Å². The second-order valence-corrected chi connectivity index (χ2v) is 8.34. The van der Waals surface area contributed by atoms with Crippen LogP contribution in [0.3, 0.4) is 0 Å². The standard InChI is InChI=1S/C24H21N3O4S/c1-15-6-8-17(9-7-15)25-22(28)14-27-23(29)20(26-24(27)30)13-19-10-11-21(32-19)16-4-3-5-18(12-16)31-2/h3-13H,14H2,1-2H3,(H,25,28)(H,26,30). The fourth-order valence-corrected chi connectivity index (χ4v) is 4.15. The number of nitrogens with zero attached hydrogens (tertiary/aromatic N) is 1. The molecule has 1 aliphatic rings. The van der Waals surface area contributed by atoms with E-state index in [2.05, 4.69) is 10.6 Å². The van der Waals surface area contributed by atoms with Crippen molar-refractivity contribution in [2.45, 2.75) is 6.92 Å². The first kappa shape index (κ1) is 21.3. The fourth-order valence-electron chi connectivity index (χ4n) is 3.20. The number of anilines is 1. The van der Waals surface area contributed by atoms with Gasteiger partial charge in [0.05, 0.1) is 7.11 Å². The van der Waals surface area contributed by atoms with Crippen LogP contribution in [-0.4, -0.2) is 36.4 Å². The second kappa shape index (κ2) is 9.07. The molecular formula is C24H21N3O4S. The van der Waals surface area contributed by atoms with E-state index in [1.165, 1.54) is 11.3 Å². The van der Waals surface area contributed by atoms with Crippen LogP contribution in [0, 0.1) is 6.92 Å². The van der Waals surface area contributed by atoms with Gasteiger partial charge in [-0.2, -0.15) is 0 Å². The smallest absolute Gasteiger partial charge is 0.329 e. The number of methoxy groups -OCH3 is 1. The highest BCUT2D eigenvalue weighted by molar-refractivity contribution is 7.16. The molecule has 1 aromatic heterocycles. The van der Waals surface area contributed by atoms with Gasteiger partial charge in [-0.05, 0) is 55.0 Å². The lowest BCUT2D eigenvalue weighted by Crippen LogP contribution is -2.38. The molecule has 2 N–H and O–H groups in total. The Labute approximate surface area is 189 Å². The molecule has 162 valence electrons. The molecule has 0 unspecified atom stereocenters. The SMILES string of the molecule is COc1cccc(-c2ccc(C=C3NC(=O)N(CC(=O)Nc4ccc(C)cc4)C3=O)s2)c1. The molecule has 0 aliphatic carbocycles. The van der Waals surface area contributed by atoms with Gasteiger partial charge in [0.2, 0.25) is 5.91 Å². The summed E-state index contributed by atoms with van der Waals surface area (Å²) in [5.74, 6) is -0.228. The van der Waals surface area contributed by atoms with E-state index in [0.717, 1.165) is 31.5 Å². The fraction of sp³-hybridized carbons (Fsp3) is 0.125. The minimum atomic E-state index is -0.620. The number of nitrogens with one attached hydrogen (secondary N) is 2. The lowest BCUT2D eigenvalue weighted by atomic mass is 10.2. The molecular weight excluding hydrogens is 426 g/mol. The van der Waals surface area contributed by atoms with Gasteiger partial charge in [0.25, 0.3) is 5.91 Å². The summed E-state index contributed by atoms with van der Waals surface area (Å²) < 4.78 is 5.27. The number of thiophene rings is 1. The van der Waals surface area contributed by atoms with Crippen LogP contribution in [0.25, 0.3) is 16.5 Å². The number of imide groups is 1. The average molecular weight is 448 g/mol. The summed E-state index contributed by atoms with van der Waals surface area (Å²) in [6.07, 6.45) is 1.62. The normalized spacial score (nSPS) is 14.6. The summed E-state index contributed by atoms with van der Waals surface area (Å²) in [5, 5.41) is 5.24. The lowest BCUT2D eigenvalue weighted by molar-refractivity contribution is -0.127. The zero-order chi connectivity index (χ0) is 22.7. The van der Waals surface area contributed by atoms with Crippen molar-refractivity contribution in [1.82, 2.24) is 10.2 Å². The van der Waals surface area contributed by atoms with E-state index < -0.39 is 17.8 Å². The molecule has 2 aromatic carbocycles. The molecule has 1 fully saturated rings. The van der Waals surface area contributed by atoms with Gasteiger partial charge in [0, 0.05) is 15.4 Å². The first-order valence-electron chi connectivity index (χ1n) is 9.88. The Morgan fingerprint density at radius 2 is 1.91 bits per heavy atom. The predicted molar refractivity (Wildman–Crippen MR) is 124 cm³/mol. The third-order valence-corrected chi connectivity index (χ3v) is 5.95. The van der Waals surface area contributed by atoms with Crippen molar-refractivity contribution < 1.29 is 19.1 Å². The number of carbonyl (C=O) groups is 3. The molecule has 3 aromatic rings. The van der Waals surface area contributed by atoms with Crippen molar-refractivity contribution in [1.29, 1.82) is 0 Å². The van der Waals surface area contributed by atoms with Gasteiger partial charge >= 0.3 is 6.03 Å². The van der Waals surface area contributed by atoms with Gasteiger partial charge in [0.1, 0.15) is 18.0 Å². The predicted octanol–water partition coefficient (Wildman–Crippen LogP) is 4.26. The van der Waals surface area contributed by atoms with Crippen LogP contribution in [0.2, 0.25) is 0 Å². The molecule has 8 heteroatoms. The Kier molecular flexibility index (Phi) is 6.04. The molecule has 0 saturated carbocycles. The lowest BCUT2D eigenvalue weighted by Gasteiger charge is -2.12. The van der Waals surface area contributed by atoms with Crippen molar-refractivity contribution in [2.75, 3.05) is 19.0 Å². The Morgan fingerprint density at radius 1 is 1.12 bits per heavy atom. The van der Waals surface area contributed by atoms with E-state index in [-0.39, 0.29) is 12.2 Å². The molecule has 1 saturated heterocycles. The van der Waals surface area contributed by atoms with Crippen LogP contribution >= 0.6 is 11.3 Å². The minimum Gasteiger partial charge on any atom is -0.497 e. The first-order valence-corrected chi connectivity index (χ1v) is 10.7. The summed E-state index contributed by atoms with van der Waals surface area (Å²) >= 11 is 1.48. The molecule has 7 nitrogen and oxygen atoms in total. The van der Waals surface area contributed by atoms with Gasteiger partial charge in [-0.25, -0.2) is 9.69 Å². The van der Waals surface area contributed by atoms with Gasteiger partial charge in [0.15, 0.2) is 0 Å². The van der Waals surface area contributed by atoms with E-state index in [0.29, 0.717) is 5.69 Å². The molecule has 32 heavy (non-hydrogen) atoms.